The average molecular weight is 429 g/mol. The number of hydrogen-bond donors (Lipinski definition) is 1. The summed E-state index contributed by atoms with van der Waals surface area (Å²) in [4.78, 5) is 0. The summed E-state index contributed by atoms with van der Waals surface area (Å²) in [6, 6.07) is 0. The highest BCUT2D eigenvalue weighted by atomic mass is 16.3. The van der Waals surface area contributed by atoms with E-state index >= 15 is 0 Å². The number of rotatable bonds is 5. The van der Waals surface area contributed by atoms with E-state index in [4.69, 9.17) is 0 Å². The van der Waals surface area contributed by atoms with Crippen molar-refractivity contribution >= 4 is 0 Å². The Hall–Kier alpha value is -0.300. The van der Waals surface area contributed by atoms with Crippen molar-refractivity contribution in [2.45, 2.75) is 113 Å². The van der Waals surface area contributed by atoms with Crippen molar-refractivity contribution in [1.29, 1.82) is 0 Å². The summed E-state index contributed by atoms with van der Waals surface area (Å²) >= 11 is 0. The minimum absolute atomic E-state index is 0.0850. The molecule has 4 rings (SSSR count). The van der Waals surface area contributed by atoms with Gasteiger partial charge in [-0.25, -0.2) is 0 Å². The van der Waals surface area contributed by atoms with E-state index in [0.29, 0.717) is 10.8 Å². The Bertz CT molecular complexity index is 678. The highest BCUT2D eigenvalue weighted by molar-refractivity contribution is 5.25. The van der Waals surface area contributed by atoms with E-state index in [0.717, 1.165) is 66.1 Å². The van der Waals surface area contributed by atoms with Crippen molar-refractivity contribution in [3.05, 3.63) is 11.6 Å². The van der Waals surface area contributed by atoms with E-state index in [1.807, 2.05) is 0 Å². The topological polar surface area (TPSA) is 20.2 Å². The Morgan fingerprint density at radius 2 is 1.55 bits per heavy atom. The van der Waals surface area contributed by atoms with Crippen LogP contribution >= 0.6 is 0 Å². The molecule has 0 radical (unpaired) electrons. The second-order valence-electron chi connectivity index (χ2n) is 13.6. The molecule has 0 aromatic carbocycles. The van der Waals surface area contributed by atoms with Crippen molar-refractivity contribution in [3.8, 4) is 0 Å². The molecule has 3 saturated carbocycles. The van der Waals surface area contributed by atoms with Gasteiger partial charge in [0.2, 0.25) is 0 Å². The fourth-order valence-corrected chi connectivity index (χ4v) is 9.48. The number of aliphatic hydroxyl groups excluding tert-OH is 1. The van der Waals surface area contributed by atoms with Crippen LogP contribution in [-0.4, -0.2) is 11.2 Å². The predicted octanol–water partition coefficient (Wildman–Crippen LogP) is 8.13. The summed E-state index contributed by atoms with van der Waals surface area (Å²) in [5.74, 6) is 7.62. The molecule has 0 heterocycles. The standard InChI is InChI=1S/C30H52O/c1-18(2)19(3)20(4)21(5)22(6)26-11-12-27-25-10-9-23-17-24(31)13-15-29(23,7)28(25)14-16-30(26,27)8/h9,18-22,24-28,31H,10-17H2,1-8H3/t19-,20?,21?,22-,24+,25+,26-,27+,28+,29+,30-/m1/s1. The largest absolute Gasteiger partial charge is 0.393 e. The molecule has 11 atom stereocenters. The molecule has 4 aliphatic rings. The van der Waals surface area contributed by atoms with Gasteiger partial charge < -0.3 is 5.11 Å². The van der Waals surface area contributed by atoms with Crippen molar-refractivity contribution in [1.82, 2.24) is 0 Å². The fourth-order valence-electron chi connectivity index (χ4n) is 9.48. The van der Waals surface area contributed by atoms with Gasteiger partial charge in [0.05, 0.1) is 6.10 Å². The van der Waals surface area contributed by atoms with E-state index in [1.54, 1.807) is 5.57 Å². The maximum Gasteiger partial charge on any atom is 0.0577 e. The van der Waals surface area contributed by atoms with E-state index in [-0.39, 0.29) is 6.10 Å². The molecule has 0 aliphatic heterocycles. The number of aliphatic hydroxyl groups is 1. The summed E-state index contributed by atoms with van der Waals surface area (Å²) in [6.45, 7) is 20.3. The van der Waals surface area contributed by atoms with Gasteiger partial charge >= 0.3 is 0 Å². The van der Waals surface area contributed by atoms with Crippen LogP contribution in [0.25, 0.3) is 0 Å². The molecule has 2 unspecified atom stereocenters. The molecule has 4 aliphatic carbocycles. The molecule has 0 saturated heterocycles. The molecule has 1 N–H and O–H groups in total. The van der Waals surface area contributed by atoms with Crippen molar-refractivity contribution < 1.29 is 5.11 Å². The third-order valence-electron chi connectivity index (χ3n) is 12.3. The van der Waals surface area contributed by atoms with Crippen LogP contribution in [0, 0.1) is 64.1 Å². The quantitative estimate of drug-likeness (QED) is 0.438. The van der Waals surface area contributed by atoms with E-state index in [1.165, 1.54) is 38.5 Å². The zero-order valence-corrected chi connectivity index (χ0v) is 22.0. The lowest BCUT2D eigenvalue weighted by atomic mass is 9.46. The lowest BCUT2D eigenvalue weighted by Gasteiger charge is -2.58. The Morgan fingerprint density at radius 1 is 0.839 bits per heavy atom. The molecule has 3 fully saturated rings. The van der Waals surface area contributed by atoms with Gasteiger partial charge in [-0.15, -0.1) is 0 Å². The first-order valence-corrected chi connectivity index (χ1v) is 13.9. The molecule has 0 aromatic heterocycles. The van der Waals surface area contributed by atoms with Gasteiger partial charge in [-0.05, 0) is 115 Å². The Labute approximate surface area is 193 Å². The first-order chi connectivity index (χ1) is 14.5. The molecule has 0 spiro atoms. The molecule has 31 heavy (non-hydrogen) atoms. The Balaban J connectivity index is 1.53. The van der Waals surface area contributed by atoms with Gasteiger partial charge in [0.15, 0.2) is 0 Å². The first kappa shape index (κ1) is 23.8. The molecular weight excluding hydrogens is 376 g/mol. The normalized spacial score (nSPS) is 46.4. The predicted molar refractivity (Wildman–Crippen MR) is 133 cm³/mol. The molecule has 0 amide bonds. The summed E-state index contributed by atoms with van der Waals surface area (Å²) in [7, 11) is 0. The van der Waals surface area contributed by atoms with Crippen LogP contribution in [0.1, 0.15) is 107 Å². The van der Waals surface area contributed by atoms with E-state index in [9.17, 15) is 5.11 Å². The van der Waals surface area contributed by atoms with Gasteiger partial charge in [0, 0.05) is 0 Å². The first-order valence-electron chi connectivity index (χ1n) is 13.9. The van der Waals surface area contributed by atoms with Crippen LogP contribution in [-0.2, 0) is 0 Å². The van der Waals surface area contributed by atoms with Gasteiger partial charge in [-0.1, -0.05) is 67.0 Å². The van der Waals surface area contributed by atoms with Crippen LogP contribution in [0.3, 0.4) is 0 Å². The van der Waals surface area contributed by atoms with Gasteiger partial charge in [0.25, 0.3) is 0 Å². The number of hydrogen-bond acceptors (Lipinski definition) is 1. The lowest BCUT2D eigenvalue weighted by molar-refractivity contribution is -0.0630. The maximum absolute atomic E-state index is 10.3. The van der Waals surface area contributed by atoms with Crippen LogP contribution in [0.15, 0.2) is 11.6 Å². The molecule has 0 bridgehead atoms. The summed E-state index contributed by atoms with van der Waals surface area (Å²) < 4.78 is 0. The molecule has 178 valence electrons. The van der Waals surface area contributed by atoms with Crippen LogP contribution in [0.4, 0.5) is 0 Å². The summed E-state index contributed by atoms with van der Waals surface area (Å²) in [5, 5.41) is 10.3. The highest BCUT2D eigenvalue weighted by Gasteiger charge is 2.59. The molecule has 1 nitrogen and oxygen atoms in total. The van der Waals surface area contributed by atoms with Crippen molar-refractivity contribution in [2.75, 3.05) is 0 Å². The van der Waals surface area contributed by atoms with E-state index in [2.05, 4.69) is 61.5 Å². The van der Waals surface area contributed by atoms with Crippen LogP contribution in [0.2, 0.25) is 0 Å². The average Bonchev–Trinajstić information content (AvgIpc) is 3.09. The van der Waals surface area contributed by atoms with Gasteiger partial charge in [-0.2, -0.15) is 0 Å². The second kappa shape index (κ2) is 8.48. The number of fused-ring (bicyclic) bond motifs is 5. The lowest BCUT2D eigenvalue weighted by Crippen LogP contribution is -2.51. The summed E-state index contributed by atoms with van der Waals surface area (Å²) in [5.41, 5.74) is 2.54. The van der Waals surface area contributed by atoms with E-state index < -0.39 is 0 Å². The zero-order chi connectivity index (χ0) is 22.7. The monoisotopic (exact) mass is 428 g/mol. The maximum atomic E-state index is 10.3. The van der Waals surface area contributed by atoms with Gasteiger partial charge in [-0.3, -0.25) is 0 Å². The highest BCUT2D eigenvalue weighted by Crippen LogP contribution is 2.67. The van der Waals surface area contributed by atoms with Gasteiger partial charge in [0.1, 0.15) is 0 Å². The second-order valence-corrected chi connectivity index (χ2v) is 13.6. The Morgan fingerprint density at radius 3 is 2.23 bits per heavy atom. The smallest absolute Gasteiger partial charge is 0.0577 e. The number of allylic oxidation sites excluding steroid dienone is 1. The Kier molecular flexibility index (Phi) is 6.53. The summed E-state index contributed by atoms with van der Waals surface area (Å²) in [6.07, 6.45) is 12.8. The van der Waals surface area contributed by atoms with Crippen molar-refractivity contribution in [3.63, 3.8) is 0 Å². The molecule has 0 aromatic rings. The van der Waals surface area contributed by atoms with Crippen LogP contribution < -0.4 is 0 Å². The SMILES string of the molecule is CC(C)[C@@H](C)C(C)C(C)[C@@H](C)[C@H]1CC[C@H]2[C@@H]3CC=C4C[C@@H](O)CC[C@]4(C)[C@H]3CC[C@]12C. The minimum atomic E-state index is -0.0850. The zero-order valence-electron chi connectivity index (χ0n) is 22.0. The van der Waals surface area contributed by atoms with Crippen molar-refractivity contribution in [2.24, 2.45) is 64.1 Å². The van der Waals surface area contributed by atoms with Crippen LogP contribution in [0.5, 0.6) is 0 Å². The molecule has 1 heteroatoms. The fraction of sp³-hybridized carbons (Fsp3) is 0.933. The third kappa shape index (κ3) is 3.77. The molecular formula is C30H52O. The minimum Gasteiger partial charge on any atom is -0.393 e. The third-order valence-corrected chi connectivity index (χ3v) is 12.3.